The van der Waals surface area contributed by atoms with Gasteiger partial charge in [-0.15, -0.1) is 0 Å². The van der Waals surface area contributed by atoms with Crippen LogP contribution in [0.15, 0.2) is 48.5 Å². The summed E-state index contributed by atoms with van der Waals surface area (Å²) in [5.74, 6) is 1.72. The molecule has 1 N–H and O–H groups in total. The first-order chi connectivity index (χ1) is 9.20. The van der Waals surface area contributed by atoms with Crippen LogP contribution in [-0.4, -0.2) is 25.2 Å². The van der Waals surface area contributed by atoms with Crippen LogP contribution in [-0.2, 0) is 0 Å². The van der Waals surface area contributed by atoms with Crippen molar-refractivity contribution >= 4 is 17.7 Å². The molecule has 0 aliphatic heterocycles. The lowest BCUT2D eigenvalue weighted by Crippen LogP contribution is -2.30. The highest BCUT2D eigenvalue weighted by Gasteiger charge is 2.14. The van der Waals surface area contributed by atoms with Crippen molar-refractivity contribution in [2.45, 2.75) is 0 Å². The number of benzene rings is 1. The number of rotatable bonds is 3. The van der Waals surface area contributed by atoms with E-state index in [1.165, 1.54) is 4.90 Å². The molecule has 1 aromatic carbocycles. The van der Waals surface area contributed by atoms with Crippen molar-refractivity contribution in [2.24, 2.45) is 0 Å². The van der Waals surface area contributed by atoms with Gasteiger partial charge >= 0.3 is 6.09 Å². The van der Waals surface area contributed by atoms with E-state index in [0.29, 0.717) is 17.4 Å². The lowest BCUT2D eigenvalue weighted by molar-refractivity contribution is 0.209. The Morgan fingerprint density at radius 2 is 1.89 bits per heavy atom. The van der Waals surface area contributed by atoms with E-state index in [-0.39, 0.29) is 0 Å². The summed E-state index contributed by atoms with van der Waals surface area (Å²) in [6.45, 7) is 0. The number of carbonyl (C=O) groups excluding carboxylic acids is 1. The smallest absolute Gasteiger partial charge is 0.410 e. The lowest BCUT2D eigenvalue weighted by atomic mass is 10.3. The van der Waals surface area contributed by atoms with E-state index in [0.717, 1.165) is 0 Å². The Labute approximate surface area is 111 Å². The summed E-state index contributed by atoms with van der Waals surface area (Å²) in [4.78, 5) is 17.6. The third-order valence-electron chi connectivity index (χ3n) is 2.56. The number of carbonyl (C=O) groups is 1. The van der Waals surface area contributed by atoms with Gasteiger partial charge < -0.3 is 10.1 Å². The molecule has 0 fully saturated rings. The van der Waals surface area contributed by atoms with Crippen LogP contribution in [0, 0.1) is 0 Å². The zero-order chi connectivity index (χ0) is 13.7. The van der Waals surface area contributed by atoms with Gasteiger partial charge in [0.2, 0.25) is 0 Å². The third-order valence-corrected chi connectivity index (χ3v) is 2.56. The molecule has 0 spiro atoms. The number of amides is 1. The molecule has 5 heteroatoms. The molecule has 0 unspecified atom stereocenters. The van der Waals surface area contributed by atoms with E-state index in [2.05, 4.69) is 10.3 Å². The number of ether oxygens (including phenoxy) is 1. The number of nitrogens with one attached hydrogen (secondary N) is 1. The fourth-order valence-corrected chi connectivity index (χ4v) is 1.50. The summed E-state index contributed by atoms with van der Waals surface area (Å²) in [6, 6.07) is 14.3. The monoisotopic (exact) mass is 257 g/mol. The minimum absolute atomic E-state index is 0.480. The number of hydrogen-bond donors (Lipinski definition) is 1. The van der Waals surface area contributed by atoms with Gasteiger partial charge in [0.25, 0.3) is 0 Å². The average molecular weight is 257 g/mol. The maximum atomic E-state index is 12.0. The van der Waals surface area contributed by atoms with Crippen LogP contribution in [0.25, 0.3) is 0 Å². The summed E-state index contributed by atoms with van der Waals surface area (Å²) in [5, 5.41) is 2.92. The predicted molar refractivity (Wildman–Crippen MR) is 74.7 cm³/mol. The Kier molecular flexibility index (Phi) is 3.97. The largest absolute Gasteiger partial charge is 0.420 e. The van der Waals surface area contributed by atoms with Crippen molar-refractivity contribution in [3.63, 3.8) is 0 Å². The molecule has 1 aromatic heterocycles. The van der Waals surface area contributed by atoms with Gasteiger partial charge in [-0.05, 0) is 24.3 Å². The van der Waals surface area contributed by atoms with Crippen molar-refractivity contribution in [1.29, 1.82) is 0 Å². The van der Waals surface area contributed by atoms with Crippen molar-refractivity contribution in [2.75, 3.05) is 24.3 Å². The van der Waals surface area contributed by atoms with Gasteiger partial charge in [0.15, 0.2) is 0 Å². The highest BCUT2D eigenvalue weighted by Crippen LogP contribution is 2.15. The second-order valence-corrected chi connectivity index (χ2v) is 3.87. The topological polar surface area (TPSA) is 54.5 Å². The molecule has 0 aliphatic rings. The highest BCUT2D eigenvalue weighted by atomic mass is 16.6. The summed E-state index contributed by atoms with van der Waals surface area (Å²) in [6.07, 6.45) is -0.480. The number of nitrogens with zero attached hydrogens (tertiary/aromatic N) is 2. The van der Waals surface area contributed by atoms with E-state index < -0.39 is 6.09 Å². The van der Waals surface area contributed by atoms with E-state index in [1.807, 2.05) is 30.3 Å². The highest BCUT2D eigenvalue weighted by molar-refractivity contribution is 5.87. The van der Waals surface area contributed by atoms with Crippen molar-refractivity contribution < 1.29 is 9.53 Å². The van der Waals surface area contributed by atoms with Gasteiger partial charge in [-0.3, -0.25) is 4.90 Å². The van der Waals surface area contributed by atoms with Crippen LogP contribution >= 0.6 is 0 Å². The summed E-state index contributed by atoms with van der Waals surface area (Å²) < 4.78 is 5.23. The van der Waals surface area contributed by atoms with Crippen LogP contribution in [0.1, 0.15) is 0 Å². The quantitative estimate of drug-likeness (QED) is 0.918. The molecule has 98 valence electrons. The molecule has 1 heterocycles. The first-order valence-electron chi connectivity index (χ1n) is 5.86. The molecule has 2 rings (SSSR count). The Hall–Kier alpha value is -2.56. The van der Waals surface area contributed by atoms with Gasteiger partial charge in [-0.25, -0.2) is 9.78 Å². The summed E-state index contributed by atoms with van der Waals surface area (Å²) in [7, 11) is 3.39. The van der Waals surface area contributed by atoms with E-state index in [4.69, 9.17) is 4.74 Å². The fraction of sp³-hybridized carbons (Fsp3) is 0.143. The molecule has 0 saturated carbocycles. The third kappa shape index (κ3) is 3.22. The Balaban J connectivity index is 2.10. The molecule has 0 atom stereocenters. The summed E-state index contributed by atoms with van der Waals surface area (Å²) in [5.41, 5.74) is 0. The molecule has 0 saturated heterocycles. The maximum Gasteiger partial charge on any atom is 0.420 e. The summed E-state index contributed by atoms with van der Waals surface area (Å²) >= 11 is 0. The lowest BCUT2D eigenvalue weighted by Gasteiger charge is -2.16. The minimum Gasteiger partial charge on any atom is -0.410 e. The van der Waals surface area contributed by atoms with Gasteiger partial charge in [0.05, 0.1) is 0 Å². The van der Waals surface area contributed by atoms with Crippen LogP contribution in [0.3, 0.4) is 0 Å². The van der Waals surface area contributed by atoms with E-state index >= 15 is 0 Å². The Morgan fingerprint density at radius 1 is 1.16 bits per heavy atom. The fourth-order valence-electron chi connectivity index (χ4n) is 1.50. The first-order valence-corrected chi connectivity index (χ1v) is 5.86. The Morgan fingerprint density at radius 3 is 2.58 bits per heavy atom. The first kappa shape index (κ1) is 12.9. The van der Waals surface area contributed by atoms with E-state index in [9.17, 15) is 4.79 Å². The zero-order valence-electron chi connectivity index (χ0n) is 10.8. The van der Waals surface area contributed by atoms with E-state index in [1.54, 1.807) is 32.3 Å². The van der Waals surface area contributed by atoms with Crippen LogP contribution in [0.2, 0.25) is 0 Å². The normalized spacial score (nSPS) is 9.79. The number of anilines is 2. The predicted octanol–water partition coefficient (Wildman–Crippen LogP) is 2.76. The zero-order valence-corrected chi connectivity index (χ0v) is 10.8. The minimum atomic E-state index is -0.480. The SMILES string of the molecule is CNc1cccc(N(C)C(=O)Oc2ccccc2)n1. The maximum absolute atomic E-state index is 12.0. The second kappa shape index (κ2) is 5.86. The van der Waals surface area contributed by atoms with Gasteiger partial charge in [0.1, 0.15) is 17.4 Å². The molecule has 5 nitrogen and oxygen atoms in total. The molecule has 19 heavy (non-hydrogen) atoms. The number of aromatic nitrogens is 1. The molecule has 1 amide bonds. The standard InChI is InChI=1S/C14H15N3O2/c1-15-12-9-6-10-13(16-12)17(2)14(18)19-11-7-4-3-5-8-11/h3-10H,1-2H3,(H,15,16). The average Bonchev–Trinajstić information content (AvgIpc) is 2.47. The number of pyridine rings is 1. The number of para-hydroxylation sites is 1. The molecular formula is C14H15N3O2. The number of hydrogen-bond acceptors (Lipinski definition) is 4. The van der Waals surface area contributed by atoms with Crippen LogP contribution in [0.4, 0.5) is 16.4 Å². The van der Waals surface area contributed by atoms with Crippen molar-refractivity contribution in [1.82, 2.24) is 4.98 Å². The molecule has 0 radical (unpaired) electrons. The molecule has 2 aromatic rings. The molecular weight excluding hydrogens is 242 g/mol. The second-order valence-electron chi connectivity index (χ2n) is 3.87. The van der Waals surface area contributed by atoms with Crippen molar-refractivity contribution in [3.05, 3.63) is 48.5 Å². The van der Waals surface area contributed by atoms with Crippen LogP contribution < -0.4 is 15.0 Å². The molecule has 0 bridgehead atoms. The Bertz CT molecular complexity index is 558. The van der Waals surface area contributed by atoms with Gasteiger partial charge in [-0.2, -0.15) is 0 Å². The molecule has 0 aliphatic carbocycles. The van der Waals surface area contributed by atoms with Gasteiger partial charge in [-0.1, -0.05) is 24.3 Å². The van der Waals surface area contributed by atoms with Crippen LogP contribution in [0.5, 0.6) is 5.75 Å². The van der Waals surface area contributed by atoms with Gasteiger partial charge in [0, 0.05) is 14.1 Å². The van der Waals surface area contributed by atoms with Crippen molar-refractivity contribution in [3.8, 4) is 5.75 Å².